The fourth-order valence-corrected chi connectivity index (χ4v) is 3.73. The van der Waals surface area contributed by atoms with E-state index in [-0.39, 0.29) is 5.91 Å². The number of carbonyl (C=O) groups is 1. The number of fused-ring (bicyclic) bond motifs is 1. The summed E-state index contributed by atoms with van der Waals surface area (Å²) >= 11 is 4.96. The molecule has 0 unspecified atom stereocenters. The van der Waals surface area contributed by atoms with E-state index < -0.39 is 0 Å². The molecule has 1 aliphatic heterocycles. The van der Waals surface area contributed by atoms with Gasteiger partial charge in [0.1, 0.15) is 0 Å². The first-order valence-corrected chi connectivity index (χ1v) is 7.97. The van der Waals surface area contributed by atoms with Gasteiger partial charge in [0.25, 0.3) is 5.91 Å². The molecule has 0 saturated heterocycles. The Hall–Kier alpha value is -1.24. The van der Waals surface area contributed by atoms with Crippen molar-refractivity contribution in [3.8, 4) is 0 Å². The van der Waals surface area contributed by atoms with Crippen LogP contribution in [-0.2, 0) is 13.0 Å². The van der Waals surface area contributed by atoms with Gasteiger partial charge < -0.3 is 4.90 Å². The Bertz CT molecular complexity index is 656. The van der Waals surface area contributed by atoms with Crippen molar-refractivity contribution in [2.45, 2.75) is 13.0 Å². The monoisotopic (exact) mass is 351 g/mol. The lowest BCUT2D eigenvalue weighted by atomic mass is 10.2. The highest BCUT2D eigenvalue weighted by atomic mass is 79.9. The minimum atomic E-state index is -0.128. The van der Waals surface area contributed by atoms with Gasteiger partial charge in [0.2, 0.25) is 0 Å². The van der Waals surface area contributed by atoms with Crippen molar-refractivity contribution in [2.75, 3.05) is 18.9 Å². The molecule has 2 heterocycles. The zero-order chi connectivity index (χ0) is 14.1. The number of anilines is 1. The summed E-state index contributed by atoms with van der Waals surface area (Å²) in [5, 5.41) is 3.58. The Morgan fingerprint density at radius 1 is 1.45 bits per heavy atom. The number of hydrogen-bond donors (Lipinski definition) is 1. The Morgan fingerprint density at radius 3 is 3.05 bits per heavy atom. The molecule has 4 nitrogen and oxygen atoms in total. The SMILES string of the molecule is CN1CCc2nc(NC(=O)c3ccccc3Br)sc2C1. The summed E-state index contributed by atoms with van der Waals surface area (Å²) in [6, 6.07) is 7.39. The molecule has 2 aromatic rings. The largest absolute Gasteiger partial charge is 0.301 e. The Kier molecular flexibility index (Phi) is 3.87. The van der Waals surface area contributed by atoms with Crippen molar-refractivity contribution in [3.63, 3.8) is 0 Å². The maximum absolute atomic E-state index is 12.2. The van der Waals surface area contributed by atoms with E-state index in [1.165, 1.54) is 4.88 Å². The van der Waals surface area contributed by atoms with Gasteiger partial charge in [0.05, 0.1) is 11.3 Å². The van der Waals surface area contributed by atoms with E-state index in [4.69, 9.17) is 0 Å². The van der Waals surface area contributed by atoms with Gasteiger partial charge in [-0.2, -0.15) is 0 Å². The van der Waals surface area contributed by atoms with Crippen molar-refractivity contribution >= 4 is 38.3 Å². The fourth-order valence-electron chi connectivity index (χ4n) is 2.19. The second-order valence-corrected chi connectivity index (χ2v) is 6.75. The first-order chi connectivity index (χ1) is 9.63. The van der Waals surface area contributed by atoms with Gasteiger partial charge in [-0.25, -0.2) is 4.98 Å². The van der Waals surface area contributed by atoms with E-state index in [1.54, 1.807) is 17.4 Å². The topological polar surface area (TPSA) is 45.2 Å². The number of benzene rings is 1. The van der Waals surface area contributed by atoms with Gasteiger partial charge in [-0.05, 0) is 35.1 Å². The van der Waals surface area contributed by atoms with Crippen molar-refractivity contribution in [2.24, 2.45) is 0 Å². The molecule has 1 aromatic carbocycles. The van der Waals surface area contributed by atoms with Crippen LogP contribution in [0.2, 0.25) is 0 Å². The number of nitrogens with one attached hydrogen (secondary N) is 1. The average molecular weight is 352 g/mol. The maximum Gasteiger partial charge on any atom is 0.258 e. The molecule has 0 saturated carbocycles. The van der Waals surface area contributed by atoms with E-state index in [2.05, 4.69) is 38.2 Å². The zero-order valence-electron chi connectivity index (χ0n) is 11.0. The summed E-state index contributed by atoms with van der Waals surface area (Å²) in [7, 11) is 2.10. The standard InChI is InChI=1S/C14H14BrN3OS/c1-18-7-6-11-12(8-18)20-14(16-11)17-13(19)9-4-2-3-5-10(9)15/h2-5H,6-8H2,1H3,(H,16,17,19). The lowest BCUT2D eigenvalue weighted by Crippen LogP contribution is -2.25. The van der Waals surface area contributed by atoms with Crippen LogP contribution in [0, 0.1) is 0 Å². The average Bonchev–Trinajstić information content (AvgIpc) is 2.80. The van der Waals surface area contributed by atoms with E-state index in [0.717, 1.165) is 29.7 Å². The van der Waals surface area contributed by atoms with E-state index in [1.807, 2.05) is 18.2 Å². The number of amides is 1. The predicted octanol–water partition coefficient (Wildman–Crippen LogP) is 3.15. The molecule has 1 N–H and O–H groups in total. The molecule has 0 radical (unpaired) electrons. The number of hydrogen-bond acceptors (Lipinski definition) is 4. The molecule has 6 heteroatoms. The molecule has 1 aromatic heterocycles. The van der Waals surface area contributed by atoms with Crippen LogP contribution in [0.4, 0.5) is 5.13 Å². The van der Waals surface area contributed by atoms with Crippen LogP contribution in [0.1, 0.15) is 20.9 Å². The molecule has 104 valence electrons. The molecule has 3 rings (SSSR count). The van der Waals surface area contributed by atoms with E-state index in [9.17, 15) is 4.79 Å². The second-order valence-electron chi connectivity index (χ2n) is 4.81. The molecule has 0 fully saturated rings. The number of nitrogens with zero attached hydrogens (tertiary/aromatic N) is 2. The highest BCUT2D eigenvalue weighted by Gasteiger charge is 2.19. The van der Waals surface area contributed by atoms with Crippen molar-refractivity contribution < 1.29 is 4.79 Å². The van der Waals surface area contributed by atoms with Crippen molar-refractivity contribution in [1.29, 1.82) is 0 Å². The summed E-state index contributed by atoms with van der Waals surface area (Å²) in [5.41, 5.74) is 1.74. The molecule has 1 aliphatic rings. The molecule has 1 amide bonds. The van der Waals surface area contributed by atoms with Crippen LogP contribution < -0.4 is 5.32 Å². The van der Waals surface area contributed by atoms with Crippen LogP contribution in [0.25, 0.3) is 0 Å². The number of rotatable bonds is 2. The third-order valence-electron chi connectivity index (χ3n) is 3.26. The summed E-state index contributed by atoms with van der Waals surface area (Å²) in [4.78, 5) is 20.3. The van der Waals surface area contributed by atoms with E-state index >= 15 is 0 Å². The highest BCUT2D eigenvalue weighted by molar-refractivity contribution is 9.10. The lowest BCUT2D eigenvalue weighted by Gasteiger charge is -2.20. The van der Waals surface area contributed by atoms with Crippen molar-refractivity contribution in [3.05, 3.63) is 44.9 Å². The number of thiazole rings is 1. The van der Waals surface area contributed by atoms with Gasteiger partial charge in [-0.3, -0.25) is 10.1 Å². The smallest absolute Gasteiger partial charge is 0.258 e. The lowest BCUT2D eigenvalue weighted by molar-refractivity contribution is 0.102. The molecule has 0 bridgehead atoms. The maximum atomic E-state index is 12.2. The molecule has 20 heavy (non-hydrogen) atoms. The summed E-state index contributed by atoms with van der Waals surface area (Å²) in [6.07, 6.45) is 0.952. The number of likely N-dealkylation sites (N-methyl/N-ethyl adjacent to an activating group) is 1. The van der Waals surface area contributed by atoms with Gasteiger partial charge in [0, 0.05) is 28.9 Å². The molecule has 0 atom stereocenters. The molecular formula is C14H14BrN3OS. The third-order valence-corrected chi connectivity index (χ3v) is 4.95. The molecule has 0 spiro atoms. The normalized spacial score (nSPS) is 14.9. The summed E-state index contributed by atoms with van der Waals surface area (Å²) < 4.78 is 0.790. The number of carbonyl (C=O) groups excluding carboxylic acids is 1. The predicted molar refractivity (Wildman–Crippen MR) is 84.2 cm³/mol. The Labute approximate surface area is 130 Å². The highest BCUT2D eigenvalue weighted by Crippen LogP contribution is 2.28. The first kappa shape index (κ1) is 13.7. The first-order valence-electron chi connectivity index (χ1n) is 6.36. The van der Waals surface area contributed by atoms with Crippen LogP contribution in [0.3, 0.4) is 0 Å². The Morgan fingerprint density at radius 2 is 2.25 bits per heavy atom. The van der Waals surface area contributed by atoms with Gasteiger partial charge in [-0.1, -0.05) is 12.1 Å². The number of halogens is 1. The van der Waals surface area contributed by atoms with Crippen LogP contribution in [0.5, 0.6) is 0 Å². The minimum absolute atomic E-state index is 0.128. The van der Waals surface area contributed by atoms with Gasteiger partial charge >= 0.3 is 0 Å². The van der Waals surface area contributed by atoms with Crippen molar-refractivity contribution in [1.82, 2.24) is 9.88 Å². The van der Waals surface area contributed by atoms with Crippen LogP contribution >= 0.6 is 27.3 Å². The molecular weight excluding hydrogens is 338 g/mol. The number of aromatic nitrogens is 1. The van der Waals surface area contributed by atoms with Gasteiger partial charge in [-0.15, -0.1) is 11.3 Å². The zero-order valence-corrected chi connectivity index (χ0v) is 13.4. The minimum Gasteiger partial charge on any atom is -0.301 e. The summed E-state index contributed by atoms with van der Waals surface area (Å²) in [6.45, 7) is 1.94. The van der Waals surface area contributed by atoms with Gasteiger partial charge in [0.15, 0.2) is 5.13 Å². The van der Waals surface area contributed by atoms with E-state index in [0.29, 0.717) is 10.7 Å². The van der Waals surface area contributed by atoms with Crippen LogP contribution in [-0.4, -0.2) is 29.4 Å². The molecule has 0 aliphatic carbocycles. The van der Waals surface area contributed by atoms with Crippen LogP contribution in [0.15, 0.2) is 28.7 Å². The third kappa shape index (κ3) is 2.77. The fraction of sp³-hybridized carbons (Fsp3) is 0.286. The second kappa shape index (κ2) is 5.63. The Balaban J connectivity index is 1.79. The summed E-state index contributed by atoms with van der Waals surface area (Å²) in [5.74, 6) is -0.128. The quantitative estimate of drug-likeness (QED) is 0.903.